The minimum Gasteiger partial charge on any atom is -0.393 e. The van der Waals surface area contributed by atoms with Gasteiger partial charge >= 0.3 is 0 Å². The average Bonchev–Trinajstić information content (AvgIpc) is 2.43. The summed E-state index contributed by atoms with van der Waals surface area (Å²) < 4.78 is 0. The van der Waals surface area contributed by atoms with E-state index in [4.69, 9.17) is 0 Å². The number of aryl methyl sites for hydroxylation is 1. The predicted octanol–water partition coefficient (Wildman–Crippen LogP) is 3.60. The number of aliphatic hydroxyl groups excluding tert-OH is 1. The van der Waals surface area contributed by atoms with Crippen LogP contribution in [0.15, 0.2) is 24.3 Å². The molecule has 0 bridgehead atoms. The highest BCUT2D eigenvalue weighted by atomic mass is 79.9. The van der Waals surface area contributed by atoms with Crippen molar-refractivity contribution in [2.45, 2.75) is 50.5 Å². The van der Waals surface area contributed by atoms with E-state index in [1.165, 1.54) is 18.4 Å². The number of aliphatic hydroxyl groups is 1. The number of alkyl halides is 1. The lowest BCUT2D eigenvalue weighted by Crippen LogP contribution is -2.26. The Kier molecular flexibility index (Phi) is 5.59. The average molecular weight is 325 g/mol. The molecule has 2 atom stereocenters. The van der Waals surface area contributed by atoms with Crippen molar-refractivity contribution >= 4 is 21.7 Å². The summed E-state index contributed by atoms with van der Waals surface area (Å²) in [6, 6.07) is 8.36. The number of rotatable bonds is 5. The van der Waals surface area contributed by atoms with Crippen LogP contribution >= 0.6 is 15.9 Å². The van der Waals surface area contributed by atoms with Gasteiger partial charge in [0, 0.05) is 17.7 Å². The Morgan fingerprint density at radius 1 is 1.21 bits per heavy atom. The SMILES string of the molecule is O=C1CCC(O)CC1c1ccc(CCCCBr)cc1. The fourth-order valence-electron chi connectivity index (χ4n) is 2.67. The van der Waals surface area contributed by atoms with Crippen molar-refractivity contribution in [3.05, 3.63) is 35.4 Å². The molecule has 1 saturated carbocycles. The van der Waals surface area contributed by atoms with Crippen LogP contribution in [0.25, 0.3) is 0 Å². The highest BCUT2D eigenvalue weighted by molar-refractivity contribution is 9.09. The maximum atomic E-state index is 11.9. The molecule has 0 saturated heterocycles. The first-order valence-corrected chi connectivity index (χ1v) is 8.18. The molecule has 1 aromatic rings. The van der Waals surface area contributed by atoms with Crippen LogP contribution in [0.4, 0.5) is 0 Å². The first kappa shape index (κ1) is 14.7. The summed E-state index contributed by atoms with van der Waals surface area (Å²) in [5, 5.41) is 10.8. The molecule has 2 unspecified atom stereocenters. The summed E-state index contributed by atoms with van der Waals surface area (Å²) in [7, 11) is 0. The lowest BCUT2D eigenvalue weighted by atomic mass is 9.81. The molecule has 0 spiro atoms. The molecule has 0 radical (unpaired) electrons. The van der Waals surface area contributed by atoms with E-state index in [1.54, 1.807) is 0 Å². The Labute approximate surface area is 123 Å². The quantitative estimate of drug-likeness (QED) is 0.663. The summed E-state index contributed by atoms with van der Waals surface area (Å²) in [5.74, 6) is 0.178. The van der Waals surface area contributed by atoms with Crippen LogP contribution in [0.2, 0.25) is 0 Å². The van der Waals surface area contributed by atoms with E-state index >= 15 is 0 Å². The minimum atomic E-state index is -0.318. The molecular weight excluding hydrogens is 304 g/mol. The van der Waals surface area contributed by atoms with Gasteiger partial charge in [0.1, 0.15) is 5.78 Å². The Morgan fingerprint density at radius 3 is 2.63 bits per heavy atom. The van der Waals surface area contributed by atoms with Gasteiger partial charge in [-0.25, -0.2) is 0 Å². The maximum Gasteiger partial charge on any atom is 0.140 e. The van der Waals surface area contributed by atoms with Crippen LogP contribution in [0, 0.1) is 0 Å². The highest BCUT2D eigenvalue weighted by Gasteiger charge is 2.28. The highest BCUT2D eigenvalue weighted by Crippen LogP contribution is 2.30. The number of hydrogen-bond acceptors (Lipinski definition) is 2. The number of unbranched alkanes of at least 4 members (excludes halogenated alkanes) is 1. The zero-order valence-corrected chi connectivity index (χ0v) is 12.7. The Bertz CT molecular complexity index is 413. The third kappa shape index (κ3) is 4.15. The summed E-state index contributed by atoms with van der Waals surface area (Å²) in [4.78, 5) is 11.9. The number of benzene rings is 1. The summed E-state index contributed by atoms with van der Waals surface area (Å²) in [6.07, 6.45) is 4.87. The van der Waals surface area contributed by atoms with E-state index in [0.29, 0.717) is 19.3 Å². The molecule has 19 heavy (non-hydrogen) atoms. The van der Waals surface area contributed by atoms with Crippen molar-refractivity contribution in [2.24, 2.45) is 0 Å². The topological polar surface area (TPSA) is 37.3 Å². The van der Waals surface area contributed by atoms with Gasteiger partial charge < -0.3 is 5.11 Å². The van der Waals surface area contributed by atoms with Gasteiger partial charge in [-0.1, -0.05) is 40.2 Å². The molecule has 1 fully saturated rings. The van der Waals surface area contributed by atoms with Gasteiger partial charge in [-0.2, -0.15) is 0 Å². The Balaban J connectivity index is 1.99. The third-order valence-corrected chi connectivity index (χ3v) is 4.41. The molecule has 2 rings (SSSR count). The van der Waals surface area contributed by atoms with Crippen molar-refractivity contribution < 1.29 is 9.90 Å². The lowest BCUT2D eigenvalue weighted by molar-refractivity contribution is -0.123. The van der Waals surface area contributed by atoms with Crippen LogP contribution in [-0.2, 0) is 11.2 Å². The molecular formula is C16H21BrO2. The molecule has 1 aromatic carbocycles. The zero-order chi connectivity index (χ0) is 13.7. The predicted molar refractivity (Wildman–Crippen MR) is 80.8 cm³/mol. The van der Waals surface area contributed by atoms with E-state index in [1.807, 2.05) is 0 Å². The molecule has 0 aromatic heterocycles. The third-order valence-electron chi connectivity index (χ3n) is 3.85. The van der Waals surface area contributed by atoms with Gasteiger partial charge in [-0.3, -0.25) is 4.79 Å². The first-order chi connectivity index (χ1) is 9.20. The molecule has 3 heteroatoms. The fourth-order valence-corrected chi connectivity index (χ4v) is 3.06. The second kappa shape index (κ2) is 7.20. The van der Waals surface area contributed by atoms with Crippen molar-refractivity contribution in [3.63, 3.8) is 0 Å². The molecule has 0 aliphatic heterocycles. The lowest BCUT2D eigenvalue weighted by Gasteiger charge is -2.25. The van der Waals surface area contributed by atoms with Crippen molar-refractivity contribution in [2.75, 3.05) is 5.33 Å². The summed E-state index contributed by atoms with van der Waals surface area (Å²) >= 11 is 3.44. The monoisotopic (exact) mass is 324 g/mol. The van der Waals surface area contributed by atoms with Crippen LogP contribution in [-0.4, -0.2) is 22.3 Å². The van der Waals surface area contributed by atoms with Gasteiger partial charge in [0.15, 0.2) is 0 Å². The largest absolute Gasteiger partial charge is 0.393 e. The second-order valence-electron chi connectivity index (χ2n) is 5.33. The number of halogens is 1. The van der Waals surface area contributed by atoms with Gasteiger partial charge in [-0.15, -0.1) is 0 Å². The van der Waals surface area contributed by atoms with Crippen molar-refractivity contribution in [3.8, 4) is 0 Å². The van der Waals surface area contributed by atoms with Crippen LogP contribution < -0.4 is 0 Å². The van der Waals surface area contributed by atoms with Gasteiger partial charge in [-0.05, 0) is 43.2 Å². The van der Waals surface area contributed by atoms with Gasteiger partial charge in [0.25, 0.3) is 0 Å². The molecule has 2 nitrogen and oxygen atoms in total. The molecule has 1 aliphatic rings. The standard InChI is InChI=1S/C16H21BrO2/c17-10-2-1-3-12-4-6-13(7-5-12)15-11-14(18)8-9-16(15)19/h4-7,14-15,18H,1-3,8-11H2. The van der Waals surface area contributed by atoms with E-state index in [9.17, 15) is 9.90 Å². The zero-order valence-electron chi connectivity index (χ0n) is 11.1. The van der Waals surface area contributed by atoms with Crippen LogP contribution in [0.3, 0.4) is 0 Å². The van der Waals surface area contributed by atoms with Crippen LogP contribution in [0.5, 0.6) is 0 Å². The van der Waals surface area contributed by atoms with Gasteiger partial charge in [0.05, 0.1) is 6.10 Å². The number of hydrogen-bond donors (Lipinski definition) is 1. The Hall–Kier alpha value is -0.670. The molecule has 1 N–H and O–H groups in total. The second-order valence-corrected chi connectivity index (χ2v) is 6.13. The van der Waals surface area contributed by atoms with E-state index in [0.717, 1.165) is 17.3 Å². The number of carbonyl (C=O) groups excluding carboxylic acids is 1. The van der Waals surface area contributed by atoms with Crippen LogP contribution in [0.1, 0.15) is 49.1 Å². The summed E-state index contributed by atoms with van der Waals surface area (Å²) in [5.41, 5.74) is 2.39. The molecule has 1 aliphatic carbocycles. The maximum absolute atomic E-state index is 11.9. The molecule has 0 heterocycles. The number of Topliss-reactive ketones (excluding diaryl/α,β-unsaturated/α-hetero) is 1. The van der Waals surface area contributed by atoms with E-state index in [-0.39, 0.29) is 17.8 Å². The van der Waals surface area contributed by atoms with E-state index < -0.39 is 0 Å². The number of ketones is 1. The normalized spacial score (nSPS) is 23.6. The molecule has 104 valence electrons. The number of carbonyl (C=O) groups is 1. The first-order valence-electron chi connectivity index (χ1n) is 7.06. The Morgan fingerprint density at radius 2 is 1.95 bits per heavy atom. The fraction of sp³-hybridized carbons (Fsp3) is 0.562. The van der Waals surface area contributed by atoms with Crippen molar-refractivity contribution in [1.29, 1.82) is 0 Å². The molecule has 0 amide bonds. The van der Waals surface area contributed by atoms with Gasteiger partial charge in [0.2, 0.25) is 0 Å². The van der Waals surface area contributed by atoms with E-state index in [2.05, 4.69) is 40.2 Å². The smallest absolute Gasteiger partial charge is 0.140 e. The van der Waals surface area contributed by atoms with Crippen molar-refractivity contribution in [1.82, 2.24) is 0 Å². The summed E-state index contributed by atoms with van der Waals surface area (Å²) in [6.45, 7) is 0. The minimum absolute atomic E-state index is 0.0969.